The van der Waals surface area contributed by atoms with Crippen molar-refractivity contribution in [2.24, 2.45) is 0 Å². The first-order valence-corrected chi connectivity index (χ1v) is 5.78. The largest absolute Gasteiger partial charge is 0.395 e. The predicted molar refractivity (Wildman–Crippen MR) is 59.1 cm³/mol. The van der Waals surface area contributed by atoms with Gasteiger partial charge in [0.1, 0.15) is 0 Å². The van der Waals surface area contributed by atoms with Crippen molar-refractivity contribution in [1.29, 1.82) is 0 Å². The van der Waals surface area contributed by atoms with Crippen LogP contribution in [0, 0.1) is 6.92 Å². The summed E-state index contributed by atoms with van der Waals surface area (Å²) in [6.07, 6.45) is 2.18. The van der Waals surface area contributed by atoms with Gasteiger partial charge in [-0.05, 0) is 33.2 Å². The van der Waals surface area contributed by atoms with E-state index in [1.807, 2.05) is 6.92 Å². The van der Waals surface area contributed by atoms with Crippen molar-refractivity contribution in [3.8, 4) is 0 Å². The van der Waals surface area contributed by atoms with Crippen molar-refractivity contribution >= 4 is 0 Å². The summed E-state index contributed by atoms with van der Waals surface area (Å²) in [5, 5.41) is 12.8. The number of aryl methyl sites for hydroxylation is 1. The lowest BCUT2D eigenvalue weighted by Crippen LogP contribution is -2.45. The fourth-order valence-electron chi connectivity index (χ4n) is 2.39. The zero-order chi connectivity index (χ0) is 11.6. The van der Waals surface area contributed by atoms with E-state index < -0.39 is 0 Å². The van der Waals surface area contributed by atoms with Crippen LogP contribution in [0.3, 0.4) is 0 Å². The molecule has 0 spiro atoms. The van der Waals surface area contributed by atoms with Crippen molar-refractivity contribution < 1.29 is 9.63 Å². The van der Waals surface area contributed by atoms with E-state index in [9.17, 15) is 0 Å². The first-order chi connectivity index (χ1) is 7.64. The lowest BCUT2D eigenvalue weighted by Gasteiger charge is -2.37. The lowest BCUT2D eigenvalue weighted by molar-refractivity contribution is 0.109. The maximum Gasteiger partial charge on any atom is 0.233 e. The molecule has 1 atom stereocenters. The second-order valence-electron chi connectivity index (χ2n) is 4.81. The molecule has 0 saturated carbocycles. The Balaban J connectivity index is 2.11. The third-order valence-electron chi connectivity index (χ3n) is 3.24. The van der Waals surface area contributed by atoms with Crippen LogP contribution in [-0.2, 0) is 5.41 Å². The van der Waals surface area contributed by atoms with Crippen molar-refractivity contribution in [3.05, 3.63) is 11.7 Å². The number of aromatic nitrogens is 2. The molecule has 2 rings (SSSR count). The Bertz CT molecular complexity index is 351. The third-order valence-corrected chi connectivity index (χ3v) is 3.24. The smallest absolute Gasteiger partial charge is 0.233 e. The van der Waals surface area contributed by atoms with Gasteiger partial charge in [0.2, 0.25) is 5.89 Å². The minimum absolute atomic E-state index is 0.0608. The van der Waals surface area contributed by atoms with Gasteiger partial charge in [-0.15, -0.1) is 0 Å². The SMILES string of the molecule is Cc1noc(C2(C)CCCN(CCO)C2)n1. The Morgan fingerprint density at radius 2 is 2.38 bits per heavy atom. The van der Waals surface area contributed by atoms with Gasteiger partial charge in [-0.25, -0.2) is 0 Å². The molecular weight excluding hydrogens is 206 g/mol. The molecule has 1 fully saturated rings. The molecule has 1 aromatic heterocycles. The van der Waals surface area contributed by atoms with Crippen LogP contribution >= 0.6 is 0 Å². The van der Waals surface area contributed by atoms with E-state index in [0.717, 1.165) is 38.4 Å². The second kappa shape index (κ2) is 4.51. The summed E-state index contributed by atoms with van der Waals surface area (Å²) in [4.78, 5) is 6.59. The van der Waals surface area contributed by atoms with Crippen LogP contribution in [-0.4, -0.2) is 46.4 Å². The maximum absolute atomic E-state index is 8.97. The summed E-state index contributed by atoms with van der Waals surface area (Å²) in [6.45, 7) is 6.86. The van der Waals surface area contributed by atoms with E-state index in [2.05, 4.69) is 22.0 Å². The number of aliphatic hydroxyl groups is 1. The van der Waals surface area contributed by atoms with Gasteiger partial charge in [-0.2, -0.15) is 4.98 Å². The fourth-order valence-corrected chi connectivity index (χ4v) is 2.39. The summed E-state index contributed by atoms with van der Waals surface area (Å²) >= 11 is 0. The molecule has 5 nitrogen and oxygen atoms in total. The number of hydrogen-bond acceptors (Lipinski definition) is 5. The Labute approximate surface area is 95.4 Å². The zero-order valence-electron chi connectivity index (χ0n) is 9.94. The summed E-state index contributed by atoms with van der Waals surface area (Å²) in [6, 6.07) is 0. The maximum atomic E-state index is 8.97. The van der Waals surface area contributed by atoms with Crippen LogP contribution in [0.2, 0.25) is 0 Å². The fraction of sp³-hybridized carbons (Fsp3) is 0.818. The van der Waals surface area contributed by atoms with Crippen LogP contribution in [0.5, 0.6) is 0 Å². The molecule has 0 bridgehead atoms. The molecule has 1 saturated heterocycles. The monoisotopic (exact) mass is 225 g/mol. The number of β-amino-alcohol motifs (C(OH)–C–C–N with tert-alkyl or cyclic N) is 1. The average molecular weight is 225 g/mol. The average Bonchev–Trinajstić information content (AvgIpc) is 2.66. The molecule has 1 aliphatic rings. The van der Waals surface area contributed by atoms with E-state index in [4.69, 9.17) is 9.63 Å². The molecule has 90 valence electrons. The van der Waals surface area contributed by atoms with Crippen molar-refractivity contribution in [2.45, 2.75) is 32.1 Å². The highest BCUT2D eigenvalue weighted by molar-refractivity contribution is 5.06. The quantitative estimate of drug-likeness (QED) is 0.821. The Morgan fingerprint density at radius 3 is 3.00 bits per heavy atom. The van der Waals surface area contributed by atoms with Crippen LogP contribution in [0.1, 0.15) is 31.5 Å². The highest BCUT2D eigenvalue weighted by atomic mass is 16.5. The standard InChI is InChI=1S/C11H19N3O2/c1-9-12-10(16-13-9)11(2)4-3-5-14(8-11)6-7-15/h15H,3-8H2,1-2H3. The first-order valence-electron chi connectivity index (χ1n) is 5.78. The van der Waals surface area contributed by atoms with E-state index in [0.29, 0.717) is 5.82 Å². The molecule has 2 heterocycles. The van der Waals surface area contributed by atoms with Gasteiger partial charge >= 0.3 is 0 Å². The van der Waals surface area contributed by atoms with Crippen molar-refractivity contribution in [3.63, 3.8) is 0 Å². The Morgan fingerprint density at radius 1 is 1.56 bits per heavy atom. The number of aliphatic hydroxyl groups excluding tert-OH is 1. The molecule has 16 heavy (non-hydrogen) atoms. The second-order valence-corrected chi connectivity index (χ2v) is 4.81. The normalized spacial score (nSPS) is 27.2. The van der Waals surface area contributed by atoms with Crippen LogP contribution in [0.4, 0.5) is 0 Å². The first kappa shape index (κ1) is 11.5. The molecule has 0 aliphatic carbocycles. The van der Waals surface area contributed by atoms with Crippen molar-refractivity contribution in [2.75, 3.05) is 26.2 Å². The molecule has 0 amide bonds. The van der Waals surface area contributed by atoms with Gasteiger partial charge < -0.3 is 9.63 Å². The molecule has 0 aromatic carbocycles. The van der Waals surface area contributed by atoms with Gasteiger partial charge in [-0.3, -0.25) is 4.90 Å². The molecule has 1 aliphatic heterocycles. The van der Waals surface area contributed by atoms with Crippen LogP contribution < -0.4 is 0 Å². The summed E-state index contributed by atoms with van der Waals surface area (Å²) in [5.74, 6) is 1.42. The molecular formula is C11H19N3O2. The van der Waals surface area contributed by atoms with E-state index in [1.165, 1.54) is 0 Å². The minimum Gasteiger partial charge on any atom is -0.395 e. The van der Waals surface area contributed by atoms with Gasteiger partial charge in [0.15, 0.2) is 5.82 Å². The van der Waals surface area contributed by atoms with Gasteiger partial charge in [0.25, 0.3) is 0 Å². The number of rotatable bonds is 3. The highest BCUT2D eigenvalue weighted by Gasteiger charge is 2.37. The molecule has 1 unspecified atom stereocenters. The minimum atomic E-state index is -0.0608. The summed E-state index contributed by atoms with van der Waals surface area (Å²) in [7, 11) is 0. The molecule has 0 radical (unpaired) electrons. The zero-order valence-corrected chi connectivity index (χ0v) is 9.94. The number of likely N-dealkylation sites (tertiary alicyclic amines) is 1. The summed E-state index contributed by atoms with van der Waals surface area (Å²) in [5.41, 5.74) is -0.0608. The number of hydrogen-bond donors (Lipinski definition) is 1. The topological polar surface area (TPSA) is 62.4 Å². The van der Waals surface area contributed by atoms with E-state index >= 15 is 0 Å². The van der Waals surface area contributed by atoms with Crippen LogP contribution in [0.15, 0.2) is 4.52 Å². The highest BCUT2D eigenvalue weighted by Crippen LogP contribution is 2.32. The van der Waals surface area contributed by atoms with E-state index in [-0.39, 0.29) is 12.0 Å². The Kier molecular flexibility index (Phi) is 3.25. The lowest BCUT2D eigenvalue weighted by atomic mass is 9.81. The molecule has 5 heteroatoms. The number of nitrogens with zero attached hydrogens (tertiary/aromatic N) is 3. The van der Waals surface area contributed by atoms with E-state index in [1.54, 1.807) is 0 Å². The third kappa shape index (κ3) is 2.25. The Hall–Kier alpha value is -0.940. The van der Waals surface area contributed by atoms with Crippen LogP contribution in [0.25, 0.3) is 0 Å². The predicted octanol–water partition coefficient (Wildman–Crippen LogP) is 0.724. The number of piperidine rings is 1. The van der Waals surface area contributed by atoms with Gasteiger partial charge in [0.05, 0.1) is 12.0 Å². The van der Waals surface area contributed by atoms with Crippen molar-refractivity contribution in [1.82, 2.24) is 15.0 Å². The van der Waals surface area contributed by atoms with Gasteiger partial charge in [-0.1, -0.05) is 5.16 Å². The van der Waals surface area contributed by atoms with Gasteiger partial charge in [0, 0.05) is 13.1 Å². The molecule has 1 aromatic rings. The molecule has 1 N–H and O–H groups in total. The summed E-state index contributed by atoms with van der Waals surface area (Å²) < 4.78 is 5.28.